The van der Waals surface area contributed by atoms with E-state index < -0.39 is 36.9 Å². The van der Waals surface area contributed by atoms with Gasteiger partial charge in [-0.3, -0.25) is 15.0 Å². The molecule has 0 saturated carbocycles. The number of nitrogens with one attached hydrogen (secondary N) is 2. The van der Waals surface area contributed by atoms with Crippen LogP contribution in [0.4, 0.5) is 4.79 Å². The van der Waals surface area contributed by atoms with Gasteiger partial charge in [0.15, 0.2) is 5.54 Å². The molecule has 1 aromatic carbocycles. The number of urea groups is 1. The van der Waals surface area contributed by atoms with E-state index in [-0.39, 0.29) is 13.1 Å². The van der Waals surface area contributed by atoms with E-state index in [4.69, 9.17) is 11.6 Å². The SMILES string of the molecule is Cc1cc(Cl)ccc1CN(CO)C[C@]1([C@H](O)CO)NC(=O)NC1=O. The third-order valence-electron chi connectivity index (χ3n) is 4.08. The molecule has 2 atom stereocenters. The monoisotopic (exact) mass is 357 g/mol. The van der Waals surface area contributed by atoms with Crippen molar-refractivity contribution >= 4 is 23.5 Å². The van der Waals surface area contributed by atoms with Gasteiger partial charge in [0, 0.05) is 18.1 Å². The maximum absolute atomic E-state index is 12.1. The molecule has 0 spiro atoms. The Labute approximate surface area is 144 Å². The summed E-state index contributed by atoms with van der Waals surface area (Å²) in [6.45, 7) is 0.824. The van der Waals surface area contributed by atoms with Crippen molar-refractivity contribution in [2.75, 3.05) is 19.9 Å². The number of imide groups is 1. The number of halogens is 1. The van der Waals surface area contributed by atoms with Crippen LogP contribution in [-0.2, 0) is 11.3 Å². The molecule has 5 N–H and O–H groups in total. The van der Waals surface area contributed by atoms with Crippen LogP contribution in [-0.4, -0.2) is 63.7 Å². The topological polar surface area (TPSA) is 122 Å². The molecule has 0 radical (unpaired) electrons. The molecule has 0 bridgehead atoms. The molecular formula is C15H20ClN3O5. The molecule has 1 aromatic rings. The first-order valence-corrected chi connectivity index (χ1v) is 7.71. The van der Waals surface area contributed by atoms with Gasteiger partial charge < -0.3 is 20.6 Å². The molecule has 1 aliphatic rings. The highest BCUT2D eigenvalue weighted by atomic mass is 35.5. The molecule has 8 nitrogen and oxygen atoms in total. The third kappa shape index (κ3) is 3.68. The first kappa shape index (κ1) is 18.6. The maximum Gasteiger partial charge on any atom is 0.322 e. The zero-order chi connectivity index (χ0) is 17.9. The van der Waals surface area contributed by atoms with Gasteiger partial charge in [0.25, 0.3) is 5.91 Å². The van der Waals surface area contributed by atoms with E-state index in [9.17, 15) is 24.9 Å². The van der Waals surface area contributed by atoms with Gasteiger partial charge in [0.1, 0.15) is 6.10 Å². The largest absolute Gasteiger partial charge is 0.394 e. The summed E-state index contributed by atoms with van der Waals surface area (Å²) in [5, 5.41) is 33.9. The van der Waals surface area contributed by atoms with Crippen LogP contribution in [0.25, 0.3) is 0 Å². The molecule has 1 aliphatic heterocycles. The lowest BCUT2D eigenvalue weighted by molar-refractivity contribution is -0.131. The maximum atomic E-state index is 12.1. The molecule has 2 rings (SSSR count). The summed E-state index contributed by atoms with van der Waals surface area (Å²) in [5.41, 5.74) is 0.0407. The molecule has 1 saturated heterocycles. The second-order valence-corrected chi connectivity index (χ2v) is 6.21. The Morgan fingerprint density at radius 1 is 1.33 bits per heavy atom. The standard InChI is InChI=1S/C15H20ClN3O5/c1-9-4-11(16)3-2-10(9)5-19(8-21)7-15(12(22)6-20)13(23)17-14(24)18-15/h2-4,12,20-22H,5-8H2,1H3,(H2,17,18,23,24)/t12-,15-/m1/s1. The van der Waals surface area contributed by atoms with Gasteiger partial charge in [-0.1, -0.05) is 17.7 Å². The molecular weight excluding hydrogens is 338 g/mol. The summed E-state index contributed by atoms with van der Waals surface area (Å²) in [5.74, 6) is -0.750. The number of aryl methyl sites for hydroxylation is 1. The van der Waals surface area contributed by atoms with Crippen molar-refractivity contribution in [2.24, 2.45) is 0 Å². The molecule has 3 amide bonds. The number of benzene rings is 1. The van der Waals surface area contributed by atoms with Crippen LogP contribution < -0.4 is 10.6 Å². The van der Waals surface area contributed by atoms with Gasteiger partial charge in [0.2, 0.25) is 0 Å². The van der Waals surface area contributed by atoms with Gasteiger partial charge in [-0.05, 0) is 30.2 Å². The second kappa shape index (κ2) is 7.45. The van der Waals surface area contributed by atoms with Crippen LogP contribution in [0.3, 0.4) is 0 Å². The highest BCUT2D eigenvalue weighted by molar-refractivity contribution is 6.30. The van der Waals surface area contributed by atoms with Gasteiger partial charge in [-0.2, -0.15) is 0 Å². The van der Waals surface area contributed by atoms with Gasteiger partial charge in [0.05, 0.1) is 13.3 Å². The average Bonchev–Trinajstić information content (AvgIpc) is 2.82. The lowest BCUT2D eigenvalue weighted by Gasteiger charge is -2.35. The van der Waals surface area contributed by atoms with E-state index in [0.717, 1.165) is 11.1 Å². The van der Waals surface area contributed by atoms with Crippen LogP contribution >= 0.6 is 11.6 Å². The molecule has 1 fully saturated rings. The lowest BCUT2D eigenvalue weighted by Crippen LogP contribution is -2.63. The molecule has 132 valence electrons. The molecule has 1 heterocycles. The summed E-state index contributed by atoms with van der Waals surface area (Å²) >= 11 is 5.92. The van der Waals surface area contributed by atoms with Crippen LogP contribution in [0.1, 0.15) is 11.1 Å². The Kier molecular flexibility index (Phi) is 5.79. The zero-order valence-electron chi connectivity index (χ0n) is 13.1. The summed E-state index contributed by atoms with van der Waals surface area (Å²) in [4.78, 5) is 25.1. The van der Waals surface area contributed by atoms with Crippen molar-refractivity contribution in [3.05, 3.63) is 34.3 Å². The third-order valence-corrected chi connectivity index (χ3v) is 4.32. The van der Waals surface area contributed by atoms with E-state index in [1.807, 2.05) is 12.2 Å². The average molecular weight is 358 g/mol. The van der Waals surface area contributed by atoms with E-state index in [1.165, 1.54) is 4.90 Å². The number of hydrogen-bond acceptors (Lipinski definition) is 6. The first-order valence-electron chi connectivity index (χ1n) is 7.33. The normalized spacial score (nSPS) is 21.8. The Bertz CT molecular complexity index is 642. The summed E-state index contributed by atoms with van der Waals surface area (Å²) in [7, 11) is 0. The fraction of sp³-hybridized carbons (Fsp3) is 0.467. The number of aliphatic hydroxyl groups excluding tert-OH is 3. The van der Waals surface area contributed by atoms with Crippen LogP contribution in [0.15, 0.2) is 18.2 Å². The van der Waals surface area contributed by atoms with Crippen molar-refractivity contribution < 1.29 is 24.9 Å². The smallest absolute Gasteiger partial charge is 0.322 e. The minimum atomic E-state index is -1.73. The van der Waals surface area contributed by atoms with Crippen LogP contribution in [0.2, 0.25) is 5.02 Å². The number of carbonyl (C=O) groups excluding carboxylic acids is 2. The highest BCUT2D eigenvalue weighted by Crippen LogP contribution is 2.21. The van der Waals surface area contributed by atoms with Crippen molar-refractivity contribution in [3.63, 3.8) is 0 Å². The van der Waals surface area contributed by atoms with Crippen molar-refractivity contribution in [1.82, 2.24) is 15.5 Å². The van der Waals surface area contributed by atoms with Gasteiger partial charge in [-0.25, -0.2) is 4.79 Å². The van der Waals surface area contributed by atoms with E-state index in [1.54, 1.807) is 18.2 Å². The van der Waals surface area contributed by atoms with E-state index >= 15 is 0 Å². The number of carbonyl (C=O) groups is 2. The number of amides is 3. The van der Waals surface area contributed by atoms with E-state index in [2.05, 4.69) is 5.32 Å². The van der Waals surface area contributed by atoms with Crippen molar-refractivity contribution in [1.29, 1.82) is 0 Å². The molecule has 24 heavy (non-hydrogen) atoms. The fourth-order valence-corrected chi connectivity index (χ4v) is 2.93. The molecule has 0 aromatic heterocycles. The van der Waals surface area contributed by atoms with Gasteiger partial charge in [-0.15, -0.1) is 0 Å². The van der Waals surface area contributed by atoms with Gasteiger partial charge >= 0.3 is 6.03 Å². The van der Waals surface area contributed by atoms with Crippen LogP contribution in [0, 0.1) is 6.92 Å². The first-order chi connectivity index (χ1) is 11.3. The molecule has 0 aliphatic carbocycles. The zero-order valence-corrected chi connectivity index (χ0v) is 13.9. The molecule has 9 heteroatoms. The Morgan fingerprint density at radius 2 is 2.04 bits per heavy atom. The number of aliphatic hydroxyl groups is 3. The fourth-order valence-electron chi connectivity index (χ4n) is 2.70. The predicted octanol–water partition coefficient (Wildman–Crippen LogP) is -0.668. The summed E-state index contributed by atoms with van der Waals surface area (Å²) < 4.78 is 0. The minimum Gasteiger partial charge on any atom is -0.394 e. The Hall–Kier alpha value is -1.71. The number of nitrogens with zero attached hydrogens (tertiary/aromatic N) is 1. The number of hydrogen-bond donors (Lipinski definition) is 5. The van der Waals surface area contributed by atoms with E-state index in [0.29, 0.717) is 5.02 Å². The summed E-state index contributed by atoms with van der Waals surface area (Å²) in [6, 6.07) is 4.52. The second-order valence-electron chi connectivity index (χ2n) is 5.78. The number of rotatable bonds is 7. The Morgan fingerprint density at radius 3 is 2.54 bits per heavy atom. The van der Waals surface area contributed by atoms with Crippen LogP contribution in [0.5, 0.6) is 0 Å². The quantitative estimate of drug-likeness (QED) is 0.326. The lowest BCUT2D eigenvalue weighted by atomic mass is 9.91. The minimum absolute atomic E-state index is 0.176. The summed E-state index contributed by atoms with van der Waals surface area (Å²) in [6.07, 6.45) is -1.51. The van der Waals surface area contributed by atoms with Crippen molar-refractivity contribution in [3.8, 4) is 0 Å². The predicted molar refractivity (Wildman–Crippen MR) is 86.2 cm³/mol. The highest BCUT2D eigenvalue weighted by Gasteiger charge is 2.52. The molecule has 0 unspecified atom stereocenters. The van der Waals surface area contributed by atoms with Crippen molar-refractivity contribution in [2.45, 2.75) is 25.1 Å². The Balaban J connectivity index is 2.23.